The van der Waals surface area contributed by atoms with Crippen LogP contribution in [0.1, 0.15) is 36.6 Å². The van der Waals surface area contributed by atoms with Gasteiger partial charge in [0.1, 0.15) is 0 Å². The monoisotopic (exact) mass is 452 g/mol. The highest BCUT2D eigenvalue weighted by atomic mass is 16.2. The molecule has 0 bridgehead atoms. The maximum atomic E-state index is 12.3. The van der Waals surface area contributed by atoms with Crippen molar-refractivity contribution in [1.29, 1.82) is 0 Å². The van der Waals surface area contributed by atoms with Gasteiger partial charge in [0.25, 0.3) is 5.56 Å². The second kappa shape index (κ2) is 10.4. The van der Waals surface area contributed by atoms with Crippen LogP contribution in [0.2, 0.25) is 0 Å². The smallest absolute Gasteiger partial charge is 0.252 e. The van der Waals surface area contributed by atoms with E-state index < -0.39 is 0 Å². The van der Waals surface area contributed by atoms with Crippen LogP contribution < -0.4 is 15.4 Å². The van der Waals surface area contributed by atoms with Gasteiger partial charge in [-0.2, -0.15) is 0 Å². The summed E-state index contributed by atoms with van der Waals surface area (Å²) in [6, 6.07) is 8.28. The quantitative estimate of drug-likeness (QED) is 0.724. The van der Waals surface area contributed by atoms with Crippen molar-refractivity contribution < 1.29 is 4.79 Å². The zero-order valence-corrected chi connectivity index (χ0v) is 20.1. The van der Waals surface area contributed by atoms with E-state index in [0.717, 1.165) is 38.3 Å². The lowest BCUT2D eigenvalue weighted by Crippen LogP contribution is -2.49. The normalized spacial score (nSPS) is 17.5. The molecule has 1 aromatic heterocycles. The molecule has 1 amide bonds. The molecule has 2 aromatic rings. The summed E-state index contributed by atoms with van der Waals surface area (Å²) < 4.78 is 0. The van der Waals surface area contributed by atoms with Gasteiger partial charge in [0.2, 0.25) is 11.9 Å². The topological polar surface area (TPSA) is 75.8 Å². The Morgan fingerprint density at radius 3 is 2.30 bits per heavy atom. The molecule has 4 rings (SSSR count). The lowest BCUT2D eigenvalue weighted by atomic mass is 10.1. The Labute approximate surface area is 196 Å². The summed E-state index contributed by atoms with van der Waals surface area (Å²) in [4.78, 5) is 40.9. The highest BCUT2D eigenvalue weighted by Crippen LogP contribution is 2.21. The van der Waals surface area contributed by atoms with Crippen molar-refractivity contribution in [2.45, 2.75) is 40.2 Å². The van der Waals surface area contributed by atoms with Gasteiger partial charge in [0.15, 0.2) is 0 Å². The van der Waals surface area contributed by atoms with Crippen LogP contribution in [0.3, 0.4) is 0 Å². The van der Waals surface area contributed by atoms with Gasteiger partial charge in [-0.25, -0.2) is 4.98 Å². The summed E-state index contributed by atoms with van der Waals surface area (Å²) >= 11 is 0. The maximum Gasteiger partial charge on any atom is 0.252 e. The second-order valence-corrected chi connectivity index (χ2v) is 9.21. The minimum absolute atomic E-state index is 0.117. The Bertz CT molecular complexity index is 1020. The first-order valence-electron chi connectivity index (χ1n) is 12.1. The number of aromatic nitrogens is 2. The Hall–Kier alpha value is -2.87. The zero-order valence-electron chi connectivity index (χ0n) is 20.1. The van der Waals surface area contributed by atoms with E-state index in [1.54, 1.807) is 6.07 Å². The average molecular weight is 453 g/mol. The minimum atomic E-state index is -0.117. The van der Waals surface area contributed by atoms with Gasteiger partial charge in [-0.05, 0) is 43.5 Å². The second-order valence-electron chi connectivity index (χ2n) is 9.21. The van der Waals surface area contributed by atoms with Crippen molar-refractivity contribution >= 4 is 17.5 Å². The summed E-state index contributed by atoms with van der Waals surface area (Å²) in [5.74, 6) is 0.834. The molecule has 0 saturated carbocycles. The SMILES string of the molecule is CCCC(=O)N1CCN(c2nc(CN3CCN(c4ccc(C)c(C)c4)CC3)cc(=O)[nH]2)CC1. The minimum Gasteiger partial charge on any atom is -0.369 e. The average Bonchev–Trinajstić information content (AvgIpc) is 2.81. The zero-order chi connectivity index (χ0) is 23.4. The molecule has 2 aliphatic heterocycles. The van der Waals surface area contributed by atoms with E-state index >= 15 is 0 Å². The molecule has 8 heteroatoms. The van der Waals surface area contributed by atoms with Crippen LogP contribution in [0.25, 0.3) is 0 Å². The molecule has 0 atom stereocenters. The van der Waals surface area contributed by atoms with Crippen molar-refractivity contribution in [2.75, 3.05) is 62.2 Å². The lowest BCUT2D eigenvalue weighted by molar-refractivity contribution is -0.131. The number of carbonyl (C=O) groups excluding carboxylic acids is 1. The molecule has 1 aromatic carbocycles. The van der Waals surface area contributed by atoms with Gasteiger partial charge >= 0.3 is 0 Å². The predicted molar refractivity (Wildman–Crippen MR) is 132 cm³/mol. The number of nitrogens with zero attached hydrogens (tertiary/aromatic N) is 5. The number of anilines is 2. The van der Waals surface area contributed by atoms with Crippen LogP contribution in [0.5, 0.6) is 0 Å². The number of piperazine rings is 2. The highest BCUT2D eigenvalue weighted by molar-refractivity contribution is 5.76. The Morgan fingerprint density at radius 2 is 1.64 bits per heavy atom. The number of H-pyrrole nitrogens is 1. The van der Waals surface area contributed by atoms with Crippen molar-refractivity contribution in [1.82, 2.24) is 19.8 Å². The van der Waals surface area contributed by atoms with Crippen LogP contribution in [-0.2, 0) is 11.3 Å². The van der Waals surface area contributed by atoms with Crippen LogP contribution in [0.4, 0.5) is 11.6 Å². The van der Waals surface area contributed by atoms with Crippen molar-refractivity contribution in [3.05, 3.63) is 51.4 Å². The summed E-state index contributed by atoms with van der Waals surface area (Å²) in [5, 5.41) is 0. The van der Waals surface area contributed by atoms with E-state index in [9.17, 15) is 9.59 Å². The molecule has 33 heavy (non-hydrogen) atoms. The third-order valence-corrected chi connectivity index (χ3v) is 6.79. The molecule has 0 unspecified atom stereocenters. The van der Waals surface area contributed by atoms with Crippen LogP contribution in [-0.4, -0.2) is 78.0 Å². The molecule has 0 spiro atoms. The summed E-state index contributed by atoms with van der Waals surface area (Å²) in [7, 11) is 0. The third-order valence-electron chi connectivity index (χ3n) is 6.79. The van der Waals surface area contributed by atoms with Gasteiger partial charge in [-0.1, -0.05) is 13.0 Å². The Kier molecular flexibility index (Phi) is 7.33. The fourth-order valence-electron chi connectivity index (χ4n) is 4.58. The first-order chi connectivity index (χ1) is 15.9. The molecule has 2 fully saturated rings. The van der Waals surface area contributed by atoms with Gasteiger partial charge < -0.3 is 14.7 Å². The summed E-state index contributed by atoms with van der Waals surface area (Å²) in [5.41, 5.74) is 4.62. The van der Waals surface area contributed by atoms with Crippen LogP contribution >= 0.6 is 0 Å². The molecule has 1 N–H and O–H groups in total. The molecular weight excluding hydrogens is 416 g/mol. The number of rotatable bonds is 6. The molecule has 0 aliphatic carbocycles. The summed E-state index contributed by atoms with van der Waals surface area (Å²) in [6.45, 7) is 13.5. The van der Waals surface area contributed by atoms with Crippen molar-refractivity contribution in [3.63, 3.8) is 0 Å². The predicted octanol–water partition coefficient (Wildman–Crippen LogP) is 2.16. The molecule has 2 aliphatic rings. The lowest BCUT2D eigenvalue weighted by Gasteiger charge is -2.36. The van der Waals surface area contributed by atoms with Gasteiger partial charge in [0, 0.05) is 77.1 Å². The van der Waals surface area contributed by atoms with E-state index in [1.807, 2.05) is 11.8 Å². The first-order valence-corrected chi connectivity index (χ1v) is 12.1. The molecule has 8 nitrogen and oxygen atoms in total. The number of aromatic amines is 1. The third kappa shape index (κ3) is 5.74. The molecule has 0 radical (unpaired) electrons. The number of carbonyl (C=O) groups is 1. The first kappa shape index (κ1) is 23.3. The van der Waals surface area contributed by atoms with Crippen molar-refractivity contribution in [2.24, 2.45) is 0 Å². The highest BCUT2D eigenvalue weighted by Gasteiger charge is 2.23. The van der Waals surface area contributed by atoms with E-state index in [4.69, 9.17) is 4.98 Å². The Morgan fingerprint density at radius 1 is 0.939 bits per heavy atom. The van der Waals surface area contributed by atoms with Crippen molar-refractivity contribution in [3.8, 4) is 0 Å². The van der Waals surface area contributed by atoms with Gasteiger partial charge in [0.05, 0.1) is 5.69 Å². The standard InChI is InChI=1S/C25H36N6O2/c1-4-5-24(33)30-12-14-31(15-13-30)25-26-21(17-23(32)27-25)18-28-8-10-29(11-9-28)22-7-6-19(2)20(3)16-22/h6-7,16-17H,4-5,8-15,18H2,1-3H3,(H,26,27,32). The number of nitrogens with one attached hydrogen (secondary N) is 1. The number of aryl methyl sites for hydroxylation is 2. The maximum absolute atomic E-state index is 12.3. The fraction of sp³-hybridized carbons (Fsp3) is 0.560. The van der Waals surface area contributed by atoms with E-state index in [0.29, 0.717) is 45.1 Å². The van der Waals surface area contributed by atoms with Crippen LogP contribution in [0.15, 0.2) is 29.1 Å². The molecular formula is C25H36N6O2. The number of amides is 1. The van der Waals surface area contributed by atoms with Crippen LogP contribution in [0, 0.1) is 13.8 Å². The number of benzene rings is 1. The molecule has 2 saturated heterocycles. The number of hydrogen-bond donors (Lipinski definition) is 1. The molecule has 3 heterocycles. The van der Waals surface area contributed by atoms with Gasteiger partial charge in [-0.3, -0.25) is 19.5 Å². The summed E-state index contributed by atoms with van der Waals surface area (Å²) in [6.07, 6.45) is 1.47. The Balaban J connectivity index is 1.34. The van der Waals surface area contributed by atoms with Gasteiger partial charge in [-0.15, -0.1) is 0 Å². The van der Waals surface area contributed by atoms with E-state index in [1.165, 1.54) is 16.8 Å². The largest absolute Gasteiger partial charge is 0.369 e. The molecule has 178 valence electrons. The fourth-order valence-corrected chi connectivity index (χ4v) is 4.58. The van der Waals surface area contributed by atoms with E-state index in [2.05, 4.69) is 51.7 Å². The van der Waals surface area contributed by atoms with E-state index in [-0.39, 0.29) is 11.5 Å². The number of hydrogen-bond acceptors (Lipinski definition) is 6.